The molecular formula is C23H23ClN2O2. The van der Waals surface area contributed by atoms with Crippen LogP contribution >= 0.6 is 11.6 Å². The van der Waals surface area contributed by atoms with Crippen molar-refractivity contribution in [2.75, 3.05) is 13.7 Å². The molecule has 5 heteroatoms. The Morgan fingerprint density at radius 3 is 2.71 bits per heavy atom. The van der Waals surface area contributed by atoms with Crippen LogP contribution in [0.2, 0.25) is 5.02 Å². The van der Waals surface area contributed by atoms with Crippen LogP contribution in [0.4, 0.5) is 0 Å². The van der Waals surface area contributed by atoms with E-state index in [1.807, 2.05) is 12.1 Å². The third-order valence-electron chi connectivity index (χ3n) is 4.73. The highest BCUT2D eigenvalue weighted by Gasteiger charge is 2.14. The molecule has 1 aromatic heterocycles. The van der Waals surface area contributed by atoms with E-state index in [0.717, 1.165) is 41.6 Å². The van der Waals surface area contributed by atoms with Crippen molar-refractivity contribution in [2.24, 2.45) is 0 Å². The highest BCUT2D eigenvalue weighted by atomic mass is 35.5. The number of aromatic nitrogens is 1. The molecule has 28 heavy (non-hydrogen) atoms. The van der Waals surface area contributed by atoms with E-state index >= 15 is 0 Å². The third-order valence-corrected chi connectivity index (χ3v) is 4.98. The zero-order chi connectivity index (χ0) is 19.9. The predicted octanol–water partition coefficient (Wildman–Crippen LogP) is 4.76. The van der Waals surface area contributed by atoms with Gasteiger partial charge in [-0.2, -0.15) is 0 Å². The fraction of sp³-hybridized carbons (Fsp3) is 0.261. The summed E-state index contributed by atoms with van der Waals surface area (Å²) < 4.78 is 5.48. The van der Waals surface area contributed by atoms with Crippen molar-refractivity contribution in [1.82, 2.24) is 10.3 Å². The zero-order valence-electron chi connectivity index (χ0n) is 15.8. The van der Waals surface area contributed by atoms with E-state index in [9.17, 15) is 4.79 Å². The van der Waals surface area contributed by atoms with Gasteiger partial charge in [0.1, 0.15) is 5.75 Å². The van der Waals surface area contributed by atoms with Crippen LogP contribution in [0.15, 0.2) is 42.5 Å². The van der Waals surface area contributed by atoms with E-state index in [2.05, 4.69) is 22.3 Å². The minimum Gasteiger partial charge on any atom is -0.495 e. The first kappa shape index (κ1) is 19.9. The number of aromatic amines is 1. The number of halogens is 1. The van der Waals surface area contributed by atoms with Gasteiger partial charge in [-0.05, 0) is 55.2 Å². The van der Waals surface area contributed by atoms with Crippen LogP contribution in [0.3, 0.4) is 0 Å². The molecule has 0 unspecified atom stereocenters. The number of amides is 1. The minimum absolute atomic E-state index is 0.0949. The van der Waals surface area contributed by atoms with Gasteiger partial charge in [0.05, 0.1) is 12.6 Å². The summed E-state index contributed by atoms with van der Waals surface area (Å²) in [7, 11) is 1.67. The summed E-state index contributed by atoms with van der Waals surface area (Å²) in [6, 6.07) is 12.9. The van der Waals surface area contributed by atoms with Gasteiger partial charge >= 0.3 is 0 Å². The second-order valence-electron chi connectivity index (χ2n) is 6.54. The van der Waals surface area contributed by atoms with Crippen molar-refractivity contribution in [3.8, 4) is 18.1 Å². The molecule has 2 N–H and O–H groups in total. The molecule has 1 heterocycles. The average molecular weight is 395 g/mol. The van der Waals surface area contributed by atoms with Gasteiger partial charge < -0.3 is 15.0 Å². The largest absolute Gasteiger partial charge is 0.495 e. The lowest BCUT2D eigenvalue weighted by Gasteiger charge is -2.06. The second-order valence-corrected chi connectivity index (χ2v) is 6.97. The Morgan fingerprint density at radius 1 is 1.21 bits per heavy atom. The number of H-pyrrole nitrogens is 1. The highest BCUT2D eigenvalue weighted by Crippen LogP contribution is 2.31. The molecule has 3 rings (SSSR count). The summed E-state index contributed by atoms with van der Waals surface area (Å²) in [6.45, 7) is 0.586. The Morgan fingerprint density at radius 2 is 2.00 bits per heavy atom. The Bertz CT molecular complexity index is 1000. The van der Waals surface area contributed by atoms with Gasteiger partial charge in [0.25, 0.3) is 5.91 Å². The van der Waals surface area contributed by atoms with E-state index in [1.54, 1.807) is 31.4 Å². The number of nitrogens with one attached hydrogen (secondary N) is 2. The Kier molecular flexibility index (Phi) is 6.62. The molecule has 3 aromatic rings. The lowest BCUT2D eigenvalue weighted by molar-refractivity contribution is 0.0953. The molecular weight excluding hydrogens is 372 g/mol. The van der Waals surface area contributed by atoms with E-state index in [-0.39, 0.29) is 5.91 Å². The first-order chi connectivity index (χ1) is 13.6. The Labute approximate surface area is 170 Å². The Balaban J connectivity index is 1.67. The van der Waals surface area contributed by atoms with Gasteiger partial charge in [0.2, 0.25) is 0 Å². The second kappa shape index (κ2) is 9.34. The molecule has 0 saturated heterocycles. The van der Waals surface area contributed by atoms with E-state index in [4.69, 9.17) is 22.8 Å². The number of rotatable bonds is 8. The van der Waals surface area contributed by atoms with Crippen LogP contribution in [0.5, 0.6) is 5.75 Å². The van der Waals surface area contributed by atoms with Gasteiger partial charge in [-0.25, -0.2) is 0 Å². The number of para-hydroxylation sites is 1. The number of benzene rings is 2. The Hall–Kier alpha value is -2.90. The minimum atomic E-state index is -0.0949. The van der Waals surface area contributed by atoms with Crippen LogP contribution < -0.4 is 10.1 Å². The molecule has 1 amide bonds. The first-order valence-electron chi connectivity index (χ1n) is 9.27. The predicted molar refractivity (Wildman–Crippen MR) is 114 cm³/mol. The molecule has 0 fully saturated rings. The molecule has 0 saturated carbocycles. The number of fused-ring (bicyclic) bond motifs is 1. The van der Waals surface area contributed by atoms with Gasteiger partial charge in [-0.1, -0.05) is 23.7 Å². The molecule has 2 aromatic carbocycles. The number of carbonyl (C=O) groups excluding carboxylic acids is 1. The summed E-state index contributed by atoms with van der Waals surface area (Å²) in [5.74, 6) is 3.45. The van der Waals surface area contributed by atoms with Crippen molar-refractivity contribution < 1.29 is 9.53 Å². The summed E-state index contributed by atoms with van der Waals surface area (Å²) in [5.41, 5.74) is 3.98. The molecule has 0 aliphatic heterocycles. The van der Waals surface area contributed by atoms with Gasteiger partial charge in [-0.3, -0.25) is 4.79 Å². The number of hydrogen-bond donors (Lipinski definition) is 2. The number of terminal acetylenes is 1. The maximum atomic E-state index is 12.2. The van der Waals surface area contributed by atoms with Crippen LogP contribution in [0, 0.1) is 12.3 Å². The molecule has 0 spiro atoms. The third kappa shape index (κ3) is 4.49. The van der Waals surface area contributed by atoms with Crippen LogP contribution in [0.25, 0.3) is 10.9 Å². The molecule has 144 valence electrons. The highest BCUT2D eigenvalue weighted by molar-refractivity contribution is 6.30. The normalized spacial score (nSPS) is 10.6. The standard InChI is InChI=1S/C23H23ClN2O2/c1-3-4-7-18-19-8-5-10-21(28-2)22(19)26-20(18)9-6-15-25-23(27)16-11-13-17(24)14-12-16/h1,5,8,10-14,26H,4,6-7,9,15H2,2H3,(H,25,27). The monoisotopic (exact) mass is 394 g/mol. The number of hydrogen-bond acceptors (Lipinski definition) is 2. The average Bonchev–Trinajstić information content (AvgIpc) is 3.07. The number of ether oxygens (including phenoxy) is 1. The van der Waals surface area contributed by atoms with Crippen molar-refractivity contribution in [3.63, 3.8) is 0 Å². The summed E-state index contributed by atoms with van der Waals surface area (Å²) in [6.07, 6.45) is 8.61. The van der Waals surface area contributed by atoms with Crippen molar-refractivity contribution in [3.05, 3.63) is 64.3 Å². The lowest BCUT2D eigenvalue weighted by atomic mass is 10.0. The van der Waals surface area contributed by atoms with Crippen LogP contribution in [-0.4, -0.2) is 24.5 Å². The zero-order valence-corrected chi connectivity index (χ0v) is 16.6. The van der Waals surface area contributed by atoms with Crippen molar-refractivity contribution >= 4 is 28.4 Å². The van der Waals surface area contributed by atoms with Gasteiger partial charge in [0, 0.05) is 34.6 Å². The number of aryl methyl sites for hydroxylation is 2. The molecule has 0 atom stereocenters. The molecule has 0 radical (unpaired) electrons. The number of carbonyl (C=O) groups is 1. The van der Waals surface area contributed by atoms with Gasteiger partial charge in [0.15, 0.2) is 0 Å². The maximum absolute atomic E-state index is 12.2. The maximum Gasteiger partial charge on any atom is 0.251 e. The van der Waals surface area contributed by atoms with E-state index < -0.39 is 0 Å². The van der Waals surface area contributed by atoms with Crippen LogP contribution in [0.1, 0.15) is 34.5 Å². The van der Waals surface area contributed by atoms with Gasteiger partial charge in [-0.15, -0.1) is 12.3 Å². The molecule has 0 bridgehead atoms. The van der Waals surface area contributed by atoms with Crippen LogP contribution in [-0.2, 0) is 12.8 Å². The first-order valence-corrected chi connectivity index (χ1v) is 9.65. The summed E-state index contributed by atoms with van der Waals surface area (Å²) >= 11 is 5.86. The fourth-order valence-corrected chi connectivity index (χ4v) is 3.46. The fourth-order valence-electron chi connectivity index (χ4n) is 3.34. The van der Waals surface area contributed by atoms with E-state index in [0.29, 0.717) is 23.6 Å². The molecule has 0 aliphatic carbocycles. The lowest BCUT2D eigenvalue weighted by Crippen LogP contribution is -2.24. The summed E-state index contributed by atoms with van der Waals surface area (Å²) in [5, 5.41) is 4.72. The topological polar surface area (TPSA) is 54.1 Å². The molecule has 4 nitrogen and oxygen atoms in total. The SMILES string of the molecule is C#CCCc1c(CCCNC(=O)c2ccc(Cl)cc2)[nH]c2c(OC)cccc12. The van der Waals surface area contributed by atoms with Crippen molar-refractivity contribution in [2.45, 2.75) is 25.7 Å². The van der Waals surface area contributed by atoms with E-state index in [1.165, 1.54) is 5.56 Å². The smallest absolute Gasteiger partial charge is 0.251 e. The summed E-state index contributed by atoms with van der Waals surface area (Å²) in [4.78, 5) is 15.7. The molecule has 0 aliphatic rings. The quantitative estimate of drug-likeness (QED) is 0.427. The number of methoxy groups -OCH3 is 1. The van der Waals surface area contributed by atoms with Crippen molar-refractivity contribution in [1.29, 1.82) is 0 Å².